The SMILES string of the molecule is CS(c1ccccc1)(c1ccccc1)c1ccc(O)c(O)c1. The first-order valence-corrected chi connectivity index (χ1v) is 9.07. The predicted octanol–water partition coefficient (Wildman–Crippen LogP) is 5.01. The number of hydrogen-bond donors (Lipinski definition) is 2. The smallest absolute Gasteiger partial charge is 0.158 e. The minimum absolute atomic E-state index is 0.0805. The molecule has 0 atom stereocenters. The van der Waals surface area contributed by atoms with Gasteiger partial charge in [0, 0.05) is 4.90 Å². The van der Waals surface area contributed by atoms with Crippen LogP contribution in [0.3, 0.4) is 0 Å². The highest BCUT2D eigenvalue weighted by Crippen LogP contribution is 2.66. The molecule has 0 saturated heterocycles. The van der Waals surface area contributed by atoms with E-state index in [1.165, 1.54) is 9.79 Å². The molecule has 0 spiro atoms. The predicted molar refractivity (Wildman–Crippen MR) is 91.0 cm³/mol. The Balaban J connectivity index is 2.26. The lowest BCUT2D eigenvalue weighted by Gasteiger charge is -2.37. The number of hydrogen-bond acceptors (Lipinski definition) is 2. The van der Waals surface area contributed by atoms with Crippen molar-refractivity contribution < 1.29 is 10.2 Å². The van der Waals surface area contributed by atoms with Crippen molar-refractivity contribution in [3.63, 3.8) is 0 Å². The largest absolute Gasteiger partial charge is 0.504 e. The first-order valence-electron chi connectivity index (χ1n) is 7.03. The number of phenolic OH excluding ortho intramolecular Hbond substituents is 2. The van der Waals surface area contributed by atoms with Gasteiger partial charge >= 0.3 is 0 Å². The highest BCUT2D eigenvalue weighted by Gasteiger charge is 2.26. The maximum absolute atomic E-state index is 9.92. The fourth-order valence-corrected chi connectivity index (χ4v) is 5.46. The van der Waals surface area contributed by atoms with Crippen LogP contribution in [0, 0.1) is 0 Å². The maximum Gasteiger partial charge on any atom is 0.158 e. The topological polar surface area (TPSA) is 40.5 Å². The van der Waals surface area contributed by atoms with Crippen LogP contribution in [-0.2, 0) is 0 Å². The summed E-state index contributed by atoms with van der Waals surface area (Å²) >= 11 is 0. The van der Waals surface area contributed by atoms with Crippen LogP contribution in [0.1, 0.15) is 0 Å². The third-order valence-electron chi connectivity index (χ3n) is 3.85. The summed E-state index contributed by atoms with van der Waals surface area (Å²) in [5, 5.41) is 19.5. The minimum atomic E-state index is -1.49. The van der Waals surface area contributed by atoms with Crippen molar-refractivity contribution >= 4 is 10.0 Å². The van der Waals surface area contributed by atoms with E-state index >= 15 is 0 Å². The van der Waals surface area contributed by atoms with Gasteiger partial charge in [-0.1, -0.05) is 36.4 Å². The maximum atomic E-state index is 9.92. The van der Waals surface area contributed by atoms with Crippen molar-refractivity contribution in [3.8, 4) is 11.5 Å². The molecule has 0 bridgehead atoms. The van der Waals surface area contributed by atoms with Gasteiger partial charge < -0.3 is 10.2 Å². The van der Waals surface area contributed by atoms with Gasteiger partial charge in [-0.05, 0) is 58.5 Å². The van der Waals surface area contributed by atoms with Crippen LogP contribution in [0.15, 0.2) is 93.5 Å². The van der Waals surface area contributed by atoms with Crippen molar-refractivity contribution in [1.82, 2.24) is 0 Å². The molecule has 0 aliphatic carbocycles. The molecule has 112 valence electrons. The number of rotatable bonds is 3. The molecule has 0 aliphatic rings. The van der Waals surface area contributed by atoms with E-state index in [-0.39, 0.29) is 11.5 Å². The summed E-state index contributed by atoms with van der Waals surface area (Å²) in [5.41, 5.74) is 0. The van der Waals surface area contributed by atoms with Crippen molar-refractivity contribution in [3.05, 3.63) is 78.9 Å². The molecule has 3 aromatic rings. The standard InChI is InChI=1S/C19H18O2S/c1-22(15-8-4-2-5-9-15,16-10-6-3-7-11-16)17-12-13-18(20)19(21)14-17/h2-14,20-21H,1H3. The Morgan fingerprint density at radius 2 is 1.09 bits per heavy atom. The monoisotopic (exact) mass is 310 g/mol. The van der Waals surface area contributed by atoms with Crippen LogP contribution in [-0.4, -0.2) is 16.5 Å². The summed E-state index contributed by atoms with van der Waals surface area (Å²) in [7, 11) is -1.49. The lowest BCUT2D eigenvalue weighted by atomic mass is 10.3. The van der Waals surface area contributed by atoms with Gasteiger partial charge in [-0.3, -0.25) is 0 Å². The summed E-state index contributed by atoms with van der Waals surface area (Å²) < 4.78 is 0. The summed E-state index contributed by atoms with van der Waals surface area (Å²) in [6.45, 7) is 0. The molecule has 3 rings (SSSR count). The number of phenols is 2. The fourth-order valence-electron chi connectivity index (χ4n) is 2.55. The van der Waals surface area contributed by atoms with E-state index < -0.39 is 10.0 Å². The Morgan fingerprint density at radius 3 is 1.55 bits per heavy atom. The van der Waals surface area contributed by atoms with Crippen molar-refractivity contribution in [1.29, 1.82) is 0 Å². The molecule has 0 heterocycles. The van der Waals surface area contributed by atoms with Crippen LogP contribution in [0.25, 0.3) is 0 Å². The minimum Gasteiger partial charge on any atom is -0.504 e. The fraction of sp³-hybridized carbons (Fsp3) is 0.0526. The molecule has 0 fully saturated rings. The van der Waals surface area contributed by atoms with E-state index in [9.17, 15) is 10.2 Å². The third kappa shape index (κ3) is 2.44. The van der Waals surface area contributed by atoms with E-state index in [1.54, 1.807) is 12.1 Å². The molecule has 0 aliphatic heterocycles. The third-order valence-corrected chi connectivity index (χ3v) is 7.47. The van der Waals surface area contributed by atoms with E-state index in [0.717, 1.165) is 4.90 Å². The van der Waals surface area contributed by atoms with Crippen molar-refractivity contribution in [2.45, 2.75) is 14.7 Å². The van der Waals surface area contributed by atoms with E-state index in [4.69, 9.17) is 0 Å². The lowest BCUT2D eigenvalue weighted by molar-refractivity contribution is 0.402. The number of benzene rings is 3. The quantitative estimate of drug-likeness (QED) is 0.668. The number of aromatic hydroxyl groups is 2. The van der Waals surface area contributed by atoms with Gasteiger partial charge in [0.05, 0.1) is 0 Å². The second kappa shape index (κ2) is 5.78. The summed E-state index contributed by atoms with van der Waals surface area (Å²) in [4.78, 5) is 3.44. The summed E-state index contributed by atoms with van der Waals surface area (Å²) in [6.07, 6.45) is 2.21. The first-order chi connectivity index (χ1) is 10.6. The van der Waals surface area contributed by atoms with Crippen molar-refractivity contribution in [2.24, 2.45) is 0 Å². The Labute approximate surface area is 132 Å². The van der Waals surface area contributed by atoms with Gasteiger partial charge in [0.25, 0.3) is 0 Å². The second-order valence-corrected chi connectivity index (χ2v) is 8.45. The van der Waals surface area contributed by atoms with Crippen LogP contribution in [0.4, 0.5) is 0 Å². The van der Waals surface area contributed by atoms with Crippen LogP contribution >= 0.6 is 10.0 Å². The molecular weight excluding hydrogens is 292 g/mol. The van der Waals surface area contributed by atoms with Crippen molar-refractivity contribution in [2.75, 3.05) is 6.26 Å². The average Bonchev–Trinajstić information content (AvgIpc) is 2.58. The Bertz CT molecular complexity index is 730. The van der Waals surface area contributed by atoms with Gasteiger partial charge in [0.2, 0.25) is 0 Å². The zero-order valence-corrected chi connectivity index (χ0v) is 13.1. The van der Waals surface area contributed by atoms with Crippen LogP contribution in [0.5, 0.6) is 11.5 Å². The van der Waals surface area contributed by atoms with Crippen LogP contribution in [0.2, 0.25) is 0 Å². The Kier molecular flexibility index (Phi) is 3.82. The molecule has 0 amide bonds. The molecule has 0 aromatic heterocycles. The molecule has 3 heteroatoms. The molecule has 0 radical (unpaired) electrons. The van der Waals surface area contributed by atoms with E-state index in [2.05, 4.69) is 30.5 Å². The van der Waals surface area contributed by atoms with Crippen LogP contribution < -0.4 is 0 Å². The highest BCUT2D eigenvalue weighted by atomic mass is 32.3. The van der Waals surface area contributed by atoms with Gasteiger partial charge in [0.15, 0.2) is 11.5 Å². The summed E-state index contributed by atoms with van der Waals surface area (Å²) in [6, 6.07) is 25.7. The molecule has 3 aromatic carbocycles. The molecule has 22 heavy (non-hydrogen) atoms. The van der Waals surface area contributed by atoms with Gasteiger partial charge in [-0.2, -0.15) is 10.0 Å². The molecule has 0 saturated carbocycles. The second-order valence-electron chi connectivity index (χ2n) is 5.20. The normalized spacial score (nSPS) is 12.0. The zero-order chi connectivity index (χ0) is 15.6. The Hall–Kier alpha value is -2.39. The molecule has 2 N–H and O–H groups in total. The molecule has 2 nitrogen and oxygen atoms in total. The average molecular weight is 310 g/mol. The first kappa shape index (κ1) is 14.5. The van der Waals surface area contributed by atoms with E-state index in [0.29, 0.717) is 0 Å². The Morgan fingerprint density at radius 1 is 0.591 bits per heavy atom. The van der Waals surface area contributed by atoms with Gasteiger partial charge in [0.1, 0.15) is 0 Å². The highest BCUT2D eigenvalue weighted by molar-refractivity contribution is 8.33. The molecular formula is C19H18O2S. The lowest BCUT2D eigenvalue weighted by Crippen LogP contribution is -2.01. The zero-order valence-electron chi connectivity index (χ0n) is 12.3. The summed E-state index contributed by atoms with van der Waals surface area (Å²) in [5.74, 6) is -0.172. The van der Waals surface area contributed by atoms with Gasteiger partial charge in [-0.25, -0.2) is 0 Å². The molecule has 0 unspecified atom stereocenters. The van der Waals surface area contributed by atoms with E-state index in [1.807, 2.05) is 42.5 Å². The van der Waals surface area contributed by atoms with Gasteiger partial charge in [-0.15, -0.1) is 0 Å².